The van der Waals surface area contributed by atoms with Crippen LogP contribution in [-0.4, -0.2) is 17.8 Å². The highest BCUT2D eigenvalue weighted by atomic mass is 16.5. The van der Waals surface area contributed by atoms with Crippen LogP contribution in [0, 0.1) is 30.6 Å². The van der Waals surface area contributed by atoms with Gasteiger partial charge in [0, 0.05) is 0 Å². The number of anilines is 1. The van der Waals surface area contributed by atoms with Crippen molar-refractivity contribution in [3.05, 3.63) is 71.8 Å². The van der Waals surface area contributed by atoms with E-state index in [9.17, 15) is 14.4 Å². The van der Waals surface area contributed by atoms with Crippen molar-refractivity contribution in [1.82, 2.24) is 0 Å². The summed E-state index contributed by atoms with van der Waals surface area (Å²) in [6.45, 7) is 1.94. The molecule has 0 unspecified atom stereocenters. The number of esters is 1. The molecule has 0 N–H and O–H groups in total. The molecule has 3 aliphatic rings. The van der Waals surface area contributed by atoms with Gasteiger partial charge < -0.3 is 4.74 Å². The highest BCUT2D eigenvalue weighted by molar-refractivity contribution is 6.23. The third-order valence-electron chi connectivity index (χ3n) is 6.07. The molecule has 1 saturated heterocycles. The van der Waals surface area contributed by atoms with Crippen molar-refractivity contribution in [3.8, 4) is 5.75 Å². The number of carbonyl (C=O) groups is 3. The van der Waals surface area contributed by atoms with Crippen molar-refractivity contribution in [1.29, 1.82) is 0 Å². The lowest BCUT2D eigenvalue weighted by molar-refractivity contribution is -0.123. The molecule has 1 saturated carbocycles. The summed E-state index contributed by atoms with van der Waals surface area (Å²) in [7, 11) is 0. The van der Waals surface area contributed by atoms with Gasteiger partial charge >= 0.3 is 5.97 Å². The van der Waals surface area contributed by atoms with Crippen molar-refractivity contribution in [2.24, 2.45) is 23.7 Å². The number of hydrogen-bond donors (Lipinski definition) is 0. The quantitative estimate of drug-likeness (QED) is 0.357. The number of imide groups is 1. The number of benzene rings is 2. The van der Waals surface area contributed by atoms with E-state index in [4.69, 9.17) is 4.74 Å². The number of amides is 2. The Hall–Kier alpha value is -3.21. The number of rotatable bonds is 3. The van der Waals surface area contributed by atoms with Crippen LogP contribution >= 0.6 is 0 Å². The lowest BCUT2D eigenvalue weighted by atomic mass is 9.85. The lowest BCUT2D eigenvalue weighted by Crippen LogP contribution is -2.33. The minimum Gasteiger partial charge on any atom is -0.421 e. The van der Waals surface area contributed by atoms with Crippen LogP contribution in [0.1, 0.15) is 22.3 Å². The van der Waals surface area contributed by atoms with E-state index in [0.717, 1.165) is 12.0 Å². The Morgan fingerprint density at radius 1 is 0.929 bits per heavy atom. The predicted molar refractivity (Wildman–Crippen MR) is 103 cm³/mol. The Bertz CT molecular complexity index is 993. The molecule has 5 nitrogen and oxygen atoms in total. The smallest absolute Gasteiger partial charge is 0.343 e. The van der Waals surface area contributed by atoms with Crippen molar-refractivity contribution >= 4 is 23.5 Å². The van der Waals surface area contributed by atoms with E-state index in [1.807, 2.05) is 19.1 Å². The third kappa shape index (κ3) is 2.43. The van der Waals surface area contributed by atoms with Crippen LogP contribution in [0.25, 0.3) is 0 Å². The van der Waals surface area contributed by atoms with Crippen molar-refractivity contribution in [3.63, 3.8) is 0 Å². The molecule has 1 aliphatic heterocycles. The first-order valence-electron chi connectivity index (χ1n) is 9.48. The fourth-order valence-electron chi connectivity index (χ4n) is 4.72. The molecule has 2 amide bonds. The van der Waals surface area contributed by atoms with E-state index in [2.05, 4.69) is 12.2 Å². The summed E-state index contributed by atoms with van der Waals surface area (Å²) in [4.78, 5) is 39.9. The SMILES string of the molecule is Cc1ccc(C(=O)Oc2ccccc2N2C(=O)[C@@H]3[C@H](C2=O)[C@H]2C=C[C@H]3C2)cc1. The molecule has 2 aromatic carbocycles. The van der Waals surface area contributed by atoms with Crippen LogP contribution in [0.4, 0.5) is 5.69 Å². The second kappa shape index (κ2) is 6.16. The fourth-order valence-corrected chi connectivity index (χ4v) is 4.72. The molecule has 2 fully saturated rings. The molecular formula is C23H19NO4. The molecule has 140 valence electrons. The van der Waals surface area contributed by atoms with Crippen LogP contribution in [0.3, 0.4) is 0 Å². The summed E-state index contributed by atoms with van der Waals surface area (Å²) in [5.74, 6) is -0.982. The van der Waals surface area contributed by atoms with Gasteiger partial charge in [0.25, 0.3) is 0 Å². The molecule has 2 bridgehead atoms. The number of para-hydroxylation sites is 2. The minimum absolute atomic E-state index is 0.138. The third-order valence-corrected chi connectivity index (χ3v) is 6.07. The van der Waals surface area contributed by atoms with E-state index in [1.165, 1.54) is 4.90 Å². The Morgan fingerprint density at radius 3 is 2.18 bits per heavy atom. The molecule has 2 aromatic rings. The van der Waals surface area contributed by atoms with Gasteiger partial charge in [0.05, 0.1) is 23.1 Å². The second-order valence-electron chi connectivity index (χ2n) is 7.74. The zero-order valence-corrected chi connectivity index (χ0v) is 15.4. The lowest BCUT2D eigenvalue weighted by Gasteiger charge is -2.20. The van der Waals surface area contributed by atoms with Gasteiger partial charge in [0.15, 0.2) is 5.75 Å². The maximum Gasteiger partial charge on any atom is 0.343 e. The molecule has 2 aliphatic carbocycles. The number of ether oxygens (including phenoxy) is 1. The van der Waals surface area contributed by atoms with Gasteiger partial charge in [-0.3, -0.25) is 9.59 Å². The highest BCUT2D eigenvalue weighted by Crippen LogP contribution is 2.53. The van der Waals surface area contributed by atoms with Crippen molar-refractivity contribution < 1.29 is 19.1 Å². The van der Waals surface area contributed by atoms with E-state index in [-0.39, 0.29) is 41.2 Å². The Balaban J connectivity index is 1.46. The van der Waals surface area contributed by atoms with E-state index in [1.54, 1.807) is 36.4 Å². The monoisotopic (exact) mass is 373 g/mol. The molecule has 28 heavy (non-hydrogen) atoms. The van der Waals surface area contributed by atoms with Crippen LogP contribution in [0.15, 0.2) is 60.7 Å². The number of nitrogens with zero attached hydrogens (tertiary/aromatic N) is 1. The first-order valence-corrected chi connectivity index (χ1v) is 9.48. The normalized spacial score (nSPS) is 27.4. The molecule has 1 heterocycles. The fraction of sp³-hybridized carbons (Fsp3) is 0.261. The van der Waals surface area contributed by atoms with E-state index in [0.29, 0.717) is 11.3 Å². The second-order valence-corrected chi connectivity index (χ2v) is 7.74. The van der Waals surface area contributed by atoms with Gasteiger partial charge in [-0.05, 0) is 49.4 Å². The number of aryl methyl sites for hydroxylation is 1. The largest absolute Gasteiger partial charge is 0.421 e. The molecule has 5 rings (SSSR count). The zero-order chi connectivity index (χ0) is 19.4. The molecule has 4 atom stereocenters. The Morgan fingerprint density at radius 2 is 1.54 bits per heavy atom. The molecule has 0 radical (unpaired) electrons. The Kier molecular flexibility index (Phi) is 3.72. The first kappa shape index (κ1) is 16.9. The maximum atomic E-state index is 13.1. The van der Waals surface area contributed by atoms with Gasteiger partial charge in [-0.2, -0.15) is 0 Å². The number of carbonyl (C=O) groups excluding carboxylic acids is 3. The van der Waals surface area contributed by atoms with Crippen LogP contribution in [-0.2, 0) is 9.59 Å². The average Bonchev–Trinajstić information content (AvgIpc) is 3.37. The molecule has 0 aromatic heterocycles. The van der Waals surface area contributed by atoms with Crippen LogP contribution < -0.4 is 9.64 Å². The van der Waals surface area contributed by atoms with Gasteiger partial charge in [0.2, 0.25) is 11.8 Å². The van der Waals surface area contributed by atoms with Crippen LogP contribution in [0.2, 0.25) is 0 Å². The van der Waals surface area contributed by atoms with Gasteiger partial charge in [0.1, 0.15) is 0 Å². The summed E-state index contributed by atoms with van der Waals surface area (Å²) < 4.78 is 5.57. The summed E-state index contributed by atoms with van der Waals surface area (Å²) >= 11 is 0. The maximum absolute atomic E-state index is 13.1. The van der Waals surface area contributed by atoms with Crippen molar-refractivity contribution in [2.45, 2.75) is 13.3 Å². The number of allylic oxidation sites excluding steroid dienone is 2. The van der Waals surface area contributed by atoms with Crippen molar-refractivity contribution in [2.75, 3.05) is 4.90 Å². The van der Waals surface area contributed by atoms with Gasteiger partial charge in [-0.1, -0.05) is 42.0 Å². The summed E-state index contributed by atoms with van der Waals surface area (Å²) in [6, 6.07) is 13.8. The number of hydrogen-bond acceptors (Lipinski definition) is 4. The first-order chi connectivity index (χ1) is 13.5. The van der Waals surface area contributed by atoms with Gasteiger partial charge in [-0.25, -0.2) is 9.69 Å². The van der Waals surface area contributed by atoms with E-state index < -0.39 is 5.97 Å². The number of fused-ring (bicyclic) bond motifs is 5. The molecule has 5 heteroatoms. The predicted octanol–water partition coefficient (Wildman–Crippen LogP) is 3.53. The summed E-state index contributed by atoms with van der Waals surface area (Å²) in [5, 5.41) is 0. The molecular weight excluding hydrogens is 354 g/mol. The van der Waals surface area contributed by atoms with Crippen LogP contribution in [0.5, 0.6) is 5.75 Å². The summed E-state index contributed by atoms with van der Waals surface area (Å²) in [6.07, 6.45) is 5.00. The molecule has 0 spiro atoms. The highest BCUT2D eigenvalue weighted by Gasteiger charge is 2.59. The van der Waals surface area contributed by atoms with Gasteiger partial charge in [-0.15, -0.1) is 0 Å². The standard InChI is InChI=1S/C23H19NO4/c1-13-6-8-14(9-7-13)23(27)28-18-5-3-2-4-17(18)24-21(25)19-15-10-11-16(12-15)20(19)22(24)26/h2-11,15-16,19-20H,12H2,1H3/t15-,16-,19-,20+/m0/s1. The Labute approximate surface area is 162 Å². The zero-order valence-electron chi connectivity index (χ0n) is 15.4. The average molecular weight is 373 g/mol. The topological polar surface area (TPSA) is 63.7 Å². The minimum atomic E-state index is -0.520. The van der Waals surface area contributed by atoms with E-state index >= 15 is 0 Å². The summed E-state index contributed by atoms with van der Waals surface area (Å²) in [5.41, 5.74) is 1.80.